The normalized spacial score (nSPS) is 17.7. The van der Waals surface area contributed by atoms with E-state index < -0.39 is 10.0 Å². The van der Waals surface area contributed by atoms with Crippen LogP contribution in [0, 0.1) is 0 Å². The van der Waals surface area contributed by atoms with Crippen molar-refractivity contribution in [3.05, 3.63) is 11.6 Å². The van der Waals surface area contributed by atoms with E-state index >= 15 is 0 Å². The highest BCUT2D eigenvalue weighted by atomic mass is 32.2. The Kier molecular flexibility index (Phi) is 3.59. The number of imidazole rings is 1. The summed E-state index contributed by atoms with van der Waals surface area (Å²) in [5.74, 6) is 0.0136. The minimum atomic E-state index is -3.80. The monoisotopic (exact) mass is 329 g/mol. The van der Waals surface area contributed by atoms with Crippen molar-refractivity contribution in [2.24, 2.45) is 0 Å². The number of amides is 1. The molecule has 1 fully saturated rings. The smallest absolute Gasteiger partial charge is 0.263 e. The number of nitrogens with one attached hydrogen (secondary N) is 2. The van der Waals surface area contributed by atoms with Crippen LogP contribution in [-0.2, 0) is 14.8 Å². The van der Waals surface area contributed by atoms with Crippen LogP contribution in [0.2, 0.25) is 0 Å². The van der Waals surface area contributed by atoms with Gasteiger partial charge in [0.1, 0.15) is 0 Å². The minimum Gasteiger partial charge on any atom is -0.371 e. The lowest BCUT2D eigenvalue weighted by atomic mass is 10.4. The van der Waals surface area contributed by atoms with Crippen LogP contribution in [0.15, 0.2) is 16.6 Å². The molecule has 2 aromatic rings. The number of fused-ring (bicyclic) bond motifs is 1. The molecule has 0 spiro atoms. The predicted molar refractivity (Wildman–Crippen MR) is 79.0 cm³/mol. The van der Waals surface area contributed by atoms with Crippen LogP contribution in [0.4, 0.5) is 5.82 Å². The summed E-state index contributed by atoms with van der Waals surface area (Å²) in [6.45, 7) is 0.633. The first-order valence-electron chi connectivity index (χ1n) is 6.44. The Morgan fingerprint density at radius 3 is 3.05 bits per heavy atom. The number of sulfonamides is 1. The Labute approximate surface area is 125 Å². The molecule has 3 heterocycles. The van der Waals surface area contributed by atoms with Gasteiger partial charge in [-0.05, 0) is 6.42 Å². The highest BCUT2D eigenvalue weighted by Gasteiger charge is 2.33. The molecule has 0 radical (unpaired) electrons. The Bertz CT molecular complexity index is 779. The molecule has 1 amide bonds. The van der Waals surface area contributed by atoms with E-state index in [0.717, 1.165) is 0 Å². The van der Waals surface area contributed by atoms with Crippen LogP contribution >= 0.6 is 11.3 Å². The van der Waals surface area contributed by atoms with Crippen molar-refractivity contribution >= 4 is 38.0 Å². The van der Waals surface area contributed by atoms with Crippen molar-refractivity contribution < 1.29 is 13.2 Å². The van der Waals surface area contributed by atoms with Crippen molar-refractivity contribution in [1.82, 2.24) is 19.0 Å². The summed E-state index contributed by atoms with van der Waals surface area (Å²) >= 11 is 1.35. The molecular weight excluding hydrogens is 314 g/mol. The average molecular weight is 329 g/mol. The first-order chi connectivity index (χ1) is 10.0. The first-order valence-corrected chi connectivity index (χ1v) is 8.76. The molecule has 21 heavy (non-hydrogen) atoms. The van der Waals surface area contributed by atoms with Crippen molar-refractivity contribution in [2.75, 3.05) is 32.0 Å². The SMILES string of the molecule is CNc1nc2sccn2c1S(=O)(=O)N1CCCNC(=O)C1. The number of thiazole rings is 1. The molecule has 0 atom stereocenters. The lowest BCUT2D eigenvalue weighted by Gasteiger charge is -2.18. The summed E-state index contributed by atoms with van der Waals surface area (Å²) in [4.78, 5) is 16.5. The average Bonchev–Trinajstić information content (AvgIpc) is 2.94. The van der Waals surface area contributed by atoms with Crippen LogP contribution in [0.25, 0.3) is 4.96 Å². The fraction of sp³-hybridized carbons (Fsp3) is 0.455. The van der Waals surface area contributed by atoms with E-state index in [1.54, 1.807) is 18.6 Å². The van der Waals surface area contributed by atoms with Gasteiger partial charge in [0, 0.05) is 31.7 Å². The number of hydrogen-bond acceptors (Lipinski definition) is 6. The van der Waals surface area contributed by atoms with Gasteiger partial charge in [-0.2, -0.15) is 4.31 Å². The lowest BCUT2D eigenvalue weighted by molar-refractivity contribution is -0.120. The standard InChI is InChI=1S/C11H15N5O3S2/c1-12-9-10(16-5-6-20-11(16)14-9)21(18,19)15-4-2-3-13-8(17)7-15/h5-6,12H,2-4,7H2,1H3,(H,13,17). The van der Waals surface area contributed by atoms with Crippen LogP contribution in [-0.4, -0.2) is 54.7 Å². The van der Waals surface area contributed by atoms with E-state index in [2.05, 4.69) is 15.6 Å². The highest BCUT2D eigenvalue weighted by Crippen LogP contribution is 2.28. The molecule has 1 aliphatic heterocycles. The van der Waals surface area contributed by atoms with Crippen LogP contribution < -0.4 is 10.6 Å². The number of aromatic nitrogens is 2. The second-order valence-corrected chi connectivity index (χ2v) is 7.34. The maximum absolute atomic E-state index is 12.9. The van der Waals surface area contributed by atoms with Gasteiger partial charge in [0.05, 0.1) is 6.54 Å². The minimum absolute atomic E-state index is 0.0796. The fourth-order valence-electron chi connectivity index (χ4n) is 2.28. The molecule has 3 rings (SSSR count). The van der Waals surface area contributed by atoms with E-state index in [-0.39, 0.29) is 17.5 Å². The summed E-state index contributed by atoms with van der Waals surface area (Å²) in [5, 5.41) is 7.34. The number of anilines is 1. The maximum Gasteiger partial charge on any atom is 0.263 e. The van der Waals surface area contributed by atoms with Crippen LogP contribution in [0.5, 0.6) is 0 Å². The molecule has 0 aromatic carbocycles. The fourth-order valence-corrected chi connectivity index (χ4v) is 4.74. The van der Waals surface area contributed by atoms with Gasteiger partial charge in [-0.25, -0.2) is 13.4 Å². The quantitative estimate of drug-likeness (QED) is 0.823. The number of rotatable bonds is 3. The third kappa shape index (κ3) is 2.39. The van der Waals surface area contributed by atoms with E-state index in [1.807, 2.05) is 0 Å². The molecule has 0 bridgehead atoms. The Hall–Kier alpha value is -1.65. The third-order valence-electron chi connectivity index (χ3n) is 3.27. The Balaban J connectivity index is 2.10. The van der Waals surface area contributed by atoms with Crippen molar-refractivity contribution in [3.8, 4) is 0 Å². The molecule has 0 unspecified atom stereocenters. The molecule has 114 valence electrons. The number of nitrogens with zero attached hydrogens (tertiary/aromatic N) is 3. The largest absolute Gasteiger partial charge is 0.371 e. The zero-order chi connectivity index (χ0) is 15.0. The second-order valence-electron chi connectivity index (χ2n) is 4.61. The second kappa shape index (κ2) is 5.28. The van der Waals surface area contributed by atoms with E-state index in [9.17, 15) is 13.2 Å². The van der Waals surface area contributed by atoms with Gasteiger partial charge in [-0.15, -0.1) is 11.3 Å². The molecule has 8 nitrogen and oxygen atoms in total. The molecule has 1 saturated heterocycles. The maximum atomic E-state index is 12.9. The molecular formula is C11H15N5O3S2. The predicted octanol–water partition coefficient (Wildman–Crippen LogP) is -0.0519. The number of carbonyl (C=O) groups excluding carboxylic acids is 1. The number of hydrogen-bond donors (Lipinski definition) is 2. The molecule has 2 N–H and O–H groups in total. The van der Waals surface area contributed by atoms with E-state index in [1.165, 1.54) is 20.0 Å². The van der Waals surface area contributed by atoms with Gasteiger partial charge in [-0.3, -0.25) is 9.20 Å². The lowest BCUT2D eigenvalue weighted by Crippen LogP contribution is -2.38. The topological polar surface area (TPSA) is 95.8 Å². The molecule has 0 saturated carbocycles. The van der Waals surface area contributed by atoms with Crippen molar-refractivity contribution in [2.45, 2.75) is 11.4 Å². The third-order valence-corrected chi connectivity index (χ3v) is 5.89. The zero-order valence-electron chi connectivity index (χ0n) is 11.4. The van der Waals surface area contributed by atoms with Gasteiger partial charge in [0.15, 0.2) is 15.8 Å². The van der Waals surface area contributed by atoms with E-state index in [4.69, 9.17) is 0 Å². The van der Waals surface area contributed by atoms with Gasteiger partial charge >= 0.3 is 0 Å². The summed E-state index contributed by atoms with van der Waals surface area (Å²) in [6.07, 6.45) is 2.25. The Morgan fingerprint density at radius 2 is 2.29 bits per heavy atom. The van der Waals surface area contributed by atoms with Gasteiger partial charge in [0.2, 0.25) is 5.91 Å². The Morgan fingerprint density at radius 1 is 1.48 bits per heavy atom. The van der Waals surface area contributed by atoms with Crippen LogP contribution in [0.1, 0.15) is 6.42 Å². The molecule has 1 aliphatic rings. The molecule has 2 aromatic heterocycles. The van der Waals surface area contributed by atoms with Gasteiger partial charge in [-0.1, -0.05) is 0 Å². The summed E-state index contributed by atoms with van der Waals surface area (Å²) in [5.41, 5.74) is 0. The van der Waals surface area contributed by atoms with Crippen LogP contribution in [0.3, 0.4) is 0 Å². The number of carbonyl (C=O) groups is 1. The van der Waals surface area contributed by atoms with Crippen molar-refractivity contribution in [3.63, 3.8) is 0 Å². The summed E-state index contributed by atoms with van der Waals surface area (Å²) in [6, 6.07) is 0. The van der Waals surface area contributed by atoms with E-state index in [0.29, 0.717) is 30.3 Å². The first kappa shape index (κ1) is 14.3. The van der Waals surface area contributed by atoms with Crippen molar-refractivity contribution in [1.29, 1.82) is 0 Å². The molecule has 10 heteroatoms. The summed E-state index contributed by atoms with van der Waals surface area (Å²) in [7, 11) is -2.17. The van der Waals surface area contributed by atoms with Gasteiger partial charge < -0.3 is 10.6 Å². The highest BCUT2D eigenvalue weighted by molar-refractivity contribution is 7.89. The summed E-state index contributed by atoms with van der Waals surface area (Å²) < 4.78 is 28.5. The molecule has 0 aliphatic carbocycles. The zero-order valence-corrected chi connectivity index (χ0v) is 13.0. The van der Waals surface area contributed by atoms with Gasteiger partial charge in [0.25, 0.3) is 10.0 Å².